The van der Waals surface area contributed by atoms with Crippen LogP contribution in [0.25, 0.3) is 16.8 Å². The summed E-state index contributed by atoms with van der Waals surface area (Å²) in [7, 11) is 0. The maximum absolute atomic E-state index is 11.7. The van der Waals surface area contributed by atoms with Crippen LogP contribution in [0.5, 0.6) is 0 Å². The van der Waals surface area contributed by atoms with E-state index >= 15 is 0 Å². The van der Waals surface area contributed by atoms with Gasteiger partial charge in [-0.25, -0.2) is 19.1 Å². The average Bonchev–Trinajstić information content (AvgIpc) is 2.91. The summed E-state index contributed by atoms with van der Waals surface area (Å²) in [5, 5.41) is 23.5. The van der Waals surface area contributed by atoms with Gasteiger partial charge in [0.05, 0.1) is 16.8 Å². The number of aryl methyl sites for hydroxylation is 3. The molecule has 0 radical (unpaired) electrons. The van der Waals surface area contributed by atoms with Gasteiger partial charge in [-0.05, 0) is 38.0 Å². The number of carbonyl (C=O) groups is 2. The van der Waals surface area contributed by atoms with Crippen molar-refractivity contribution in [1.82, 2.24) is 14.6 Å². The molecule has 0 aliphatic heterocycles. The van der Waals surface area contributed by atoms with Gasteiger partial charge >= 0.3 is 11.9 Å². The van der Waals surface area contributed by atoms with E-state index in [1.54, 1.807) is 17.5 Å². The largest absolute Gasteiger partial charge is 0.478 e. The van der Waals surface area contributed by atoms with Crippen molar-refractivity contribution in [1.29, 1.82) is 0 Å². The molecule has 0 aliphatic rings. The molecule has 134 valence electrons. The molecule has 0 aliphatic carbocycles. The Morgan fingerprint density at radius 1 is 1.12 bits per heavy atom. The number of aromatic nitrogens is 3. The van der Waals surface area contributed by atoms with E-state index in [4.69, 9.17) is 0 Å². The van der Waals surface area contributed by atoms with E-state index in [1.807, 2.05) is 19.9 Å². The zero-order valence-corrected chi connectivity index (χ0v) is 14.8. The summed E-state index contributed by atoms with van der Waals surface area (Å²) in [5.74, 6) is -2.18. The van der Waals surface area contributed by atoms with Gasteiger partial charge in [0.25, 0.3) is 0 Å². The molecule has 3 rings (SSSR count). The number of rotatable bonds is 5. The normalized spacial score (nSPS) is 11.0. The fourth-order valence-corrected chi connectivity index (χ4v) is 3.20. The second-order valence-electron chi connectivity index (χ2n) is 6.19. The van der Waals surface area contributed by atoms with E-state index in [2.05, 4.69) is 10.1 Å². The fraction of sp³-hybridized carbons (Fsp3) is 0.263. The maximum Gasteiger partial charge on any atom is 0.354 e. The van der Waals surface area contributed by atoms with Crippen molar-refractivity contribution in [2.75, 3.05) is 0 Å². The minimum Gasteiger partial charge on any atom is -0.478 e. The summed E-state index contributed by atoms with van der Waals surface area (Å²) in [5.41, 5.74) is 3.61. The number of hydrogen-bond acceptors (Lipinski definition) is 4. The smallest absolute Gasteiger partial charge is 0.354 e. The van der Waals surface area contributed by atoms with Crippen LogP contribution in [0.15, 0.2) is 24.3 Å². The monoisotopic (exact) mass is 353 g/mol. The third-order valence-electron chi connectivity index (χ3n) is 4.32. The molecule has 0 fully saturated rings. The van der Waals surface area contributed by atoms with Crippen molar-refractivity contribution in [3.05, 3.63) is 52.5 Å². The van der Waals surface area contributed by atoms with Crippen LogP contribution in [0.2, 0.25) is 0 Å². The summed E-state index contributed by atoms with van der Waals surface area (Å²) in [6.45, 7) is 5.59. The Hall–Kier alpha value is -3.22. The van der Waals surface area contributed by atoms with Crippen molar-refractivity contribution in [2.45, 2.75) is 33.6 Å². The van der Waals surface area contributed by atoms with Crippen LogP contribution in [0, 0.1) is 13.8 Å². The SMILES string of the molecule is CCCc1cc(C(=O)O)nc2c(-c3c(C)cccc3C(=O)O)c(C)nn12. The van der Waals surface area contributed by atoms with E-state index in [0.717, 1.165) is 17.7 Å². The van der Waals surface area contributed by atoms with E-state index in [9.17, 15) is 19.8 Å². The summed E-state index contributed by atoms with van der Waals surface area (Å²) >= 11 is 0. The van der Waals surface area contributed by atoms with Crippen LogP contribution < -0.4 is 0 Å². The van der Waals surface area contributed by atoms with Gasteiger partial charge in [-0.2, -0.15) is 5.10 Å². The lowest BCUT2D eigenvalue weighted by atomic mass is 9.95. The highest BCUT2D eigenvalue weighted by Crippen LogP contribution is 2.33. The zero-order valence-electron chi connectivity index (χ0n) is 14.8. The first kappa shape index (κ1) is 17.6. The van der Waals surface area contributed by atoms with Crippen LogP contribution in [-0.4, -0.2) is 36.7 Å². The number of carboxylic acid groups (broad SMARTS) is 2. The molecule has 0 amide bonds. The summed E-state index contributed by atoms with van der Waals surface area (Å²) in [4.78, 5) is 27.5. The highest BCUT2D eigenvalue weighted by Gasteiger charge is 2.23. The van der Waals surface area contributed by atoms with Crippen molar-refractivity contribution >= 4 is 17.6 Å². The molecule has 0 saturated carbocycles. The molecule has 0 spiro atoms. The lowest BCUT2D eigenvalue weighted by Gasteiger charge is -2.10. The molecule has 7 heteroatoms. The minimum atomic E-state index is -1.13. The second-order valence-corrected chi connectivity index (χ2v) is 6.19. The maximum atomic E-state index is 11.7. The average molecular weight is 353 g/mol. The van der Waals surface area contributed by atoms with E-state index < -0.39 is 11.9 Å². The first-order chi connectivity index (χ1) is 12.3. The fourth-order valence-electron chi connectivity index (χ4n) is 3.20. The number of carboxylic acids is 2. The Labute approximate surface area is 149 Å². The molecule has 3 aromatic rings. The van der Waals surface area contributed by atoms with Crippen LogP contribution in [0.3, 0.4) is 0 Å². The van der Waals surface area contributed by atoms with E-state index in [1.165, 1.54) is 12.1 Å². The van der Waals surface area contributed by atoms with Crippen molar-refractivity contribution in [2.24, 2.45) is 0 Å². The predicted octanol–water partition coefficient (Wildman–Crippen LogP) is 3.36. The van der Waals surface area contributed by atoms with Crippen molar-refractivity contribution in [3.8, 4) is 11.1 Å². The Morgan fingerprint density at radius 3 is 2.46 bits per heavy atom. The Bertz CT molecular complexity index is 1040. The van der Waals surface area contributed by atoms with E-state index in [-0.39, 0.29) is 11.3 Å². The van der Waals surface area contributed by atoms with Crippen molar-refractivity contribution < 1.29 is 19.8 Å². The number of aromatic carboxylic acids is 2. The van der Waals surface area contributed by atoms with Gasteiger partial charge in [0.2, 0.25) is 0 Å². The lowest BCUT2D eigenvalue weighted by Crippen LogP contribution is -2.08. The van der Waals surface area contributed by atoms with Crippen LogP contribution in [0.4, 0.5) is 0 Å². The van der Waals surface area contributed by atoms with Crippen LogP contribution in [0.1, 0.15) is 51.1 Å². The molecule has 0 unspecified atom stereocenters. The molecule has 0 saturated heterocycles. The second kappa shape index (κ2) is 6.59. The van der Waals surface area contributed by atoms with Gasteiger partial charge in [-0.15, -0.1) is 0 Å². The standard InChI is InChI=1S/C19H19N3O4/c1-4-6-12-9-14(19(25)26)20-17-16(11(3)21-22(12)17)15-10(2)7-5-8-13(15)18(23)24/h5,7-9H,4,6H2,1-3H3,(H,23,24)(H,25,26). The van der Waals surface area contributed by atoms with E-state index in [0.29, 0.717) is 28.9 Å². The predicted molar refractivity (Wildman–Crippen MR) is 95.8 cm³/mol. The van der Waals surface area contributed by atoms with Gasteiger partial charge in [0.15, 0.2) is 11.3 Å². The van der Waals surface area contributed by atoms with Gasteiger partial charge in [0, 0.05) is 11.3 Å². The summed E-state index contributed by atoms with van der Waals surface area (Å²) < 4.78 is 1.62. The topological polar surface area (TPSA) is 105 Å². The third kappa shape index (κ3) is 2.81. The van der Waals surface area contributed by atoms with Gasteiger partial charge < -0.3 is 10.2 Å². The summed E-state index contributed by atoms with van der Waals surface area (Å²) in [6.07, 6.45) is 1.45. The number of fused-ring (bicyclic) bond motifs is 1. The van der Waals surface area contributed by atoms with Crippen LogP contribution in [-0.2, 0) is 6.42 Å². The minimum absolute atomic E-state index is 0.0763. The van der Waals surface area contributed by atoms with Crippen LogP contribution >= 0.6 is 0 Å². The Balaban J connectivity index is 2.44. The molecule has 2 N–H and O–H groups in total. The number of benzene rings is 1. The van der Waals surface area contributed by atoms with Gasteiger partial charge in [-0.3, -0.25) is 0 Å². The van der Waals surface area contributed by atoms with Gasteiger partial charge in [-0.1, -0.05) is 25.5 Å². The number of nitrogens with zero attached hydrogens (tertiary/aromatic N) is 3. The Morgan fingerprint density at radius 2 is 1.85 bits per heavy atom. The molecule has 1 aromatic carbocycles. The first-order valence-corrected chi connectivity index (χ1v) is 8.31. The Kier molecular flexibility index (Phi) is 4.46. The molecule has 26 heavy (non-hydrogen) atoms. The van der Waals surface area contributed by atoms with Crippen molar-refractivity contribution in [3.63, 3.8) is 0 Å². The molecule has 2 aromatic heterocycles. The molecular formula is C19H19N3O4. The molecule has 2 heterocycles. The molecule has 0 bridgehead atoms. The zero-order chi connectivity index (χ0) is 19.0. The first-order valence-electron chi connectivity index (χ1n) is 8.31. The quantitative estimate of drug-likeness (QED) is 0.729. The molecular weight excluding hydrogens is 334 g/mol. The third-order valence-corrected chi connectivity index (χ3v) is 4.32. The highest BCUT2D eigenvalue weighted by atomic mass is 16.4. The lowest BCUT2D eigenvalue weighted by molar-refractivity contribution is 0.0682. The number of hydrogen-bond donors (Lipinski definition) is 2. The highest BCUT2D eigenvalue weighted by molar-refractivity contribution is 6.00. The molecule has 7 nitrogen and oxygen atoms in total. The molecule has 0 atom stereocenters. The summed E-state index contributed by atoms with van der Waals surface area (Å²) in [6, 6.07) is 6.55. The van der Waals surface area contributed by atoms with Gasteiger partial charge in [0.1, 0.15) is 0 Å².